The third kappa shape index (κ3) is 25.3. The maximum absolute atomic E-state index is 14.1. The van der Waals surface area contributed by atoms with E-state index in [0.29, 0.717) is 52.0 Å². The molecule has 0 aliphatic carbocycles. The van der Waals surface area contributed by atoms with Gasteiger partial charge in [0, 0.05) is 44.1 Å². The van der Waals surface area contributed by atoms with E-state index in [2.05, 4.69) is 12.2 Å². The van der Waals surface area contributed by atoms with E-state index in [9.17, 15) is 60.7 Å². The Morgan fingerprint density at radius 1 is 0.671 bits per heavy atom. The Hall–Kier alpha value is -3.52. The number of nitrogens with one attached hydrogen (secondary N) is 1. The molecular formula is C59H100N4O16. The van der Waals surface area contributed by atoms with Crippen LogP contribution in [0.3, 0.4) is 0 Å². The molecule has 0 unspecified atom stereocenters. The third-order valence-corrected chi connectivity index (χ3v) is 15.0. The summed E-state index contributed by atoms with van der Waals surface area (Å²) < 4.78 is 24.6. The first-order chi connectivity index (χ1) is 37.6. The maximum atomic E-state index is 14.1. The number of cyclic esters (lactones) is 1. The van der Waals surface area contributed by atoms with Gasteiger partial charge in [-0.1, -0.05) is 125 Å². The number of nitrogens with zero attached hydrogens (tertiary/aromatic N) is 1. The fraction of sp³-hybridized carbons (Fsp3) is 0.729. The van der Waals surface area contributed by atoms with Crippen molar-refractivity contribution in [2.24, 2.45) is 29.2 Å². The van der Waals surface area contributed by atoms with Crippen molar-refractivity contribution < 1.29 is 79.6 Å². The number of unbranched alkanes of at least 4 members (excludes halogenated alkanes) is 3. The lowest BCUT2D eigenvalue weighted by Gasteiger charge is -2.48. The highest BCUT2D eigenvalue weighted by atomic mass is 16.7. The molecule has 0 aromatic carbocycles. The lowest BCUT2D eigenvalue weighted by molar-refractivity contribution is -0.311. The molecule has 15 N–H and O–H groups in total. The van der Waals surface area contributed by atoms with E-state index in [1.54, 1.807) is 51.2 Å². The second-order valence-corrected chi connectivity index (χ2v) is 21.8. The number of hydrogen-bond acceptors (Lipinski definition) is 19. The number of hydrogen-bond donors (Lipinski definition) is 13. The second-order valence-electron chi connectivity index (χ2n) is 21.8. The Kier molecular flexibility index (Phi) is 33.2. The van der Waals surface area contributed by atoms with Crippen LogP contribution in [0.4, 0.5) is 0 Å². The van der Waals surface area contributed by atoms with Gasteiger partial charge in [-0.3, -0.25) is 14.5 Å². The van der Waals surface area contributed by atoms with Crippen LogP contribution in [0.1, 0.15) is 125 Å². The molecular weight excluding hydrogens is 1020 g/mol. The lowest BCUT2D eigenvalue weighted by atomic mass is 9.82. The number of rotatable bonds is 15. The number of carbonyl (C=O) groups is 2. The number of fused-ring (bicyclic) bond motifs is 2. The molecule has 19 atom stereocenters. The Bertz CT molecular complexity index is 1930. The van der Waals surface area contributed by atoms with Crippen molar-refractivity contribution in [3.05, 3.63) is 85.1 Å². The van der Waals surface area contributed by atoms with Gasteiger partial charge in [-0.2, -0.15) is 0 Å². The molecule has 20 nitrogen and oxygen atoms in total. The zero-order valence-corrected chi connectivity index (χ0v) is 47.4. The number of amides is 1. The van der Waals surface area contributed by atoms with E-state index < -0.39 is 147 Å². The number of esters is 1. The van der Waals surface area contributed by atoms with Gasteiger partial charge >= 0.3 is 5.97 Å². The third-order valence-electron chi connectivity index (χ3n) is 15.0. The first-order valence-electron chi connectivity index (χ1n) is 28.8. The fourth-order valence-corrected chi connectivity index (χ4v) is 10.2. The Balaban J connectivity index is 2.02. The van der Waals surface area contributed by atoms with Crippen molar-refractivity contribution in [2.45, 2.75) is 222 Å². The SMILES string of the molecule is CCCCCCNC(=O)[C@H]1[C@@H]2C[C@@H](O[C@@H]3O[C@H](C)[C@@H](O)[C@H](N(CCCN)CCCN)[C@@H]3O)/C=C/C=C/C=C/C=C/C=C/C=C/C=C/[C@H](C)[C@@H](O)[C@@H](C)[C@H](C)OC(=O)C[C@H](O)C[C@H](O)CC[C@@H](O)[C@H](O)C[C@H](O)C[C@](O)(C[C@@H]1O)O2. The van der Waals surface area contributed by atoms with Crippen molar-refractivity contribution in [1.29, 1.82) is 0 Å². The summed E-state index contributed by atoms with van der Waals surface area (Å²) in [7, 11) is 0. The molecule has 0 saturated carbocycles. The minimum Gasteiger partial charge on any atom is -0.462 e. The molecule has 20 heteroatoms. The topological polar surface area (TPSA) is 341 Å². The van der Waals surface area contributed by atoms with Crippen LogP contribution in [-0.2, 0) is 28.5 Å². The van der Waals surface area contributed by atoms with Crippen LogP contribution < -0.4 is 16.8 Å². The van der Waals surface area contributed by atoms with Crippen LogP contribution in [0.15, 0.2) is 85.1 Å². The summed E-state index contributed by atoms with van der Waals surface area (Å²) in [6.07, 6.45) is 10.1. The predicted octanol–water partition coefficient (Wildman–Crippen LogP) is 2.36. The van der Waals surface area contributed by atoms with Crippen molar-refractivity contribution >= 4 is 11.9 Å². The highest BCUT2D eigenvalue weighted by Gasteiger charge is 2.51. The molecule has 0 spiro atoms. The summed E-state index contributed by atoms with van der Waals surface area (Å²) in [5.74, 6) is -5.51. The van der Waals surface area contributed by atoms with Crippen molar-refractivity contribution in [3.63, 3.8) is 0 Å². The first-order valence-corrected chi connectivity index (χ1v) is 28.8. The Labute approximate surface area is 469 Å². The number of carbonyl (C=O) groups excluding carboxylic acids is 2. The molecule has 3 aliphatic heterocycles. The number of ether oxygens (including phenoxy) is 4. The minimum absolute atomic E-state index is 0.0922. The van der Waals surface area contributed by atoms with Gasteiger partial charge in [-0.25, -0.2) is 0 Å². The summed E-state index contributed by atoms with van der Waals surface area (Å²) in [6, 6.07) is -0.840. The zero-order valence-electron chi connectivity index (χ0n) is 47.4. The van der Waals surface area contributed by atoms with Crippen molar-refractivity contribution in [2.75, 3.05) is 32.7 Å². The Morgan fingerprint density at radius 2 is 1.27 bits per heavy atom. The molecule has 79 heavy (non-hydrogen) atoms. The molecule has 3 aliphatic rings. The van der Waals surface area contributed by atoms with E-state index in [4.69, 9.17) is 30.4 Å². The number of allylic oxidation sites excluding steroid dienone is 12. The van der Waals surface area contributed by atoms with Gasteiger partial charge in [0.15, 0.2) is 12.1 Å². The van der Waals surface area contributed by atoms with Crippen LogP contribution in [0.2, 0.25) is 0 Å². The molecule has 2 fully saturated rings. The summed E-state index contributed by atoms with van der Waals surface area (Å²) in [6.45, 7) is 11.0. The van der Waals surface area contributed by atoms with Gasteiger partial charge in [0.2, 0.25) is 5.91 Å². The minimum atomic E-state index is -2.27. The molecule has 2 saturated heterocycles. The molecule has 2 bridgehead atoms. The average molecular weight is 1120 g/mol. The largest absolute Gasteiger partial charge is 0.462 e. The first kappa shape index (κ1) is 69.7. The molecule has 452 valence electrons. The van der Waals surface area contributed by atoms with E-state index in [1.165, 1.54) is 0 Å². The zero-order chi connectivity index (χ0) is 58.5. The molecule has 3 heterocycles. The van der Waals surface area contributed by atoms with Crippen molar-refractivity contribution in [1.82, 2.24) is 10.2 Å². The van der Waals surface area contributed by atoms with Crippen LogP contribution in [0.25, 0.3) is 0 Å². The van der Waals surface area contributed by atoms with Gasteiger partial charge in [0.05, 0.1) is 85.5 Å². The standard InChI is InChI=1S/C59H100N4O16/c1-6-7-8-21-30-62-57(74)52-49(69)38-59(75)37-45(66)34-48(68)47(67)27-26-43(64)33-44(65)35-51(70)76-41(4)40(3)54(71)39(2)24-19-17-15-13-11-9-10-12-14-16-18-20-25-46(36-50(52)79-59)78-58-56(73)53(55(72)42(5)77-58)63(31-22-28-60)32-23-29-61/h9-20,24-25,39-50,52-56,58,64-69,71-73,75H,6-8,21-23,26-38,60-61H2,1-5H3,(H,62,74)/b10-9+,13-11+,14-12+,17-15+,18-16+,24-19+,25-20+/t39-,40-,41-,42+,43+,44+,45-,46-,47+,48+,49-,50-,52+,53-,54+,55+,56-,58-,59+/m0/s1. The van der Waals surface area contributed by atoms with Crippen LogP contribution in [-0.4, -0.2) is 198 Å². The van der Waals surface area contributed by atoms with Gasteiger partial charge < -0.3 is 86.8 Å². The van der Waals surface area contributed by atoms with E-state index in [1.807, 2.05) is 66.5 Å². The van der Waals surface area contributed by atoms with Gasteiger partial charge in [-0.15, -0.1) is 0 Å². The van der Waals surface area contributed by atoms with Gasteiger partial charge in [0.1, 0.15) is 12.2 Å². The van der Waals surface area contributed by atoms with E-state index in [0.717, 1.165) is 19.3 Å². The molecule has 0 aromatic heterocycles. The maximum Gasteiger partial charge on any atom is 0.308 e. The predicted molar refractivity (Wildman–Crippen MR) is 301 cm³/mol. The normalized spacial score (nSPS) is 39.6. The van der Waals surface area contributed by atoms with E-state index >= 15 is 0 Å². The van der Waals surface area contributed by atoms with Crippen LogP contribution in [0, 0.1) is 17.8 Å². The van der Waals surface area contributed by atoms with E-state index in [-0.39, 0.29) is 31.6 Å². The molecule has 0 aromatic rings. The smallest absolute Gasteiger partial charge is 0.308 e. The summed E-state index contributed by atoms with van der Waals surface area (Å²) in [5.41, 5.74) is 11.8. The fourth-order valence-electron chi connectivity index (χ4n) is 10.2. The van der Waals surface area contributed by atoms with Crippen LogP contribution in [0.5, 0.6) is 0 Å². The molecule has 1 amide bonds. The van der Waals surface area contributed by atoms with Gasteiger partial charge in [0.25, 0.3) is 0 Å². The molecule has 3 rings (SSSR count). The molecule has 0 radical (unpaired) electrons. The number of aliphatic hydroxyl groups is 10. The summed E-state index contributed by atoms with van der Waals surface area (Å²) in [5, 5.41) is 116. The number of nitrogens with two attached hydrogens (primary N) is 2. The summed E-state index contributed by atoms with van der Waals surface area (Å²) in [4.78, 5) is 28.8. The van der Waals surface area contributed by atoms with Crippen molar-refractivity contribution in [3.8, 4) is 0 Å². The Morgan fingerprint density at radius 3 is 1.86 bits per heavy atom. The highest BCUT2D eigenvalue weighted by Crippen LogP contribution is 2.38. The average Bonchev–Trinajstić information content (AvgIpc) is 3.40. The van der Waals surface area contributed by atoms with Crippen LogP contribution >= 0.6 is 0 Å². The number of aliphatic hydroxyl groups excluding tert-OH is 9. The highest BCUT2D eigenvalue weighted by molar-refractivity contribution is 5.80. The summed E-state index contributed by atoms with van der Waals surface area (Å²) >= 11 is 0. The second kappa shape index (κ2) is 37.6. The lowest BCUT2D eigenvalue weighted by Crippen LogP contribution is -2.64. The quantitative estimate of drug-likeness (QED) is 0.0827. The monoisotopic (exact) mass is 1120 g/mol. The van der Waals surface area contributed by atoms with Gasteiger partial charge in [-0.05, 0) is 78.6 Å².